The molecule has 0 aliphatic heterocycles. The molecule has 1 N–H and O–H groups in total. The summed E-state index contributed by atoms with van der Waals surface area (Å²) in [6.07, 6.45) is 2.46. The summed E-state index contributed by atoms with van der Waals surface area (Å²) in [4.78, 5) is 0. The number of nitrogens with zero attached hydrogens (tertiary/aromatic N) is 2. The lowest BCUT2D eigenvalue weighted by Crippen LogP contribution is -2.22. The van der Waals surface area contributed by atoms with Crippen LogP contribution in [0.1, 0.15) is 37.9 Å². The Hall–Kier alpha value is -1.03. The number of aromatic nitrogens is 2. The second-order valence-corrected chi connectivity index (χ2v) is 4.51. The summed E-state index contributed by atoms with van der Waals surface area (Å²) in [5.41, 5.74) is 2.21. The third-order valence-electron chi connectivity index (χ3n) is 3.37. The lowest BCUT2D eigenvalue weighted by atomic mass is 10.0. The van der Waals surface area contributed by atoms with Gasteiger partial charge in [-0.15, -0.1) is 0 Å². The molecule has 1 aromatic heterocycles. The highest BCUT2D eigenvalue weighted by Crippen LogP contribution is 2.20. The molecule has 0 spiro atoms. The predicted octanol–water partition coefficient (Wildman–Crippen LogP) is 2.26. The maximum Gasteiger partial charge on any atom is 0.216 e. The van der Waals surface area contributed by atoms with Crippen LogP contribution in [0.5, 0.6) is 5.88 Å². The molecule has 0 aliphatic carbocycles. The van der Waals surface area contributed by atoms with Gasteiger partial charge in [-0.2, -0.15) is 5.10 Å². The van der Waals surface area contributed by atoms with Gasteiger partial charge in [-0.3, -0.25) is 0 Å². The van der Waals surface area contributed by atoms with Crippen molar-refractivity contribution >= 4 is 0 Å². The minimum absolute atomic E-state index is 0.762. The Labute approximate surface area is 104 Å². The number of aryl methyl sites for hydroxylation is 2. The SMILES string of the molecule is CCC(CC)CNCc1c(C)nn(C)c1OC. The van der Waals surface area contributed by atoms with Crippen LogP contribution in [0.2, 0.25) is 0 Å². The summed E-state index contributed by atoms with van der Waals surface area (Å²) < 4.78 is 7.16. The van der Waals surface area contributed by atoms with Crippen LogP contribution < -0.4 is 10.1 Å². The fourth-order valence-corrected chi connectivity index (χ4v) is 2.12. The van der Waals surface area contributed by atoms with Crippen molar-refractivity contribution in [2.75, 3.05) is 13.7 Å². The van der Waals surface area contributed by atoms with Crippen LogP contribution in [0.15, 0.2) is 0 Å². The monoisotopic (exact) mass is 239 g/mol. The maximum absolute atomic E-state index is 5.37. The molecule has 1 heterocycles. The molecule has 0 fully saturated rings. The van der Waals surface area contributed by atoms with E-state index in [0.717, 1.165) is 30.6 Å². The largest absolute Gasteiger partial charge is 0.481 e. The molecule has 0 saturated carbocycles. The lowest BCUT2D eigenvalue weighted by Gasteiger charge is -2.13. The van der Waals surface area contributed by atoms with Crippen molar-refractivity contribution in [2.24, 2.45) is 13.0 Å². The van der Waals surface area contributed by atoms with Gasteiger partial charge in [0.05, 0.1) is 18.4 Å². The Bertz CT molecular complexity index is 343. The first kappa shape index (κ1) is 14.0. The molecule has 4 heteroatoms. The highest BCUT2D eigenvalue weighted by molar-refractivity contribution is 5.30. The number of methoxy groups -OCH3 is 1. The minimum atomic E-state index is 0.762. The van der Waals surface area contributed by atoms with Crippen LogP contribution >= 0.6 is 0 Å². The number of ether oxygens (including phenoxy) is 1. The number of rotatable bonds is 7. The van der Waals surface area contributed by atoms with Gasteiger partial charge in [0.25, 0.3) is 0 Å². The molecule has 0 saturated heterocycles. The van der Waals surface area contributed by atoms with Crippen molar-refractivity contribution in [3.05, 3.63) is 11.3 Å². The van der Waals surface area contributed by atoms with E-state index in [1.165, 1.54) is 18.4 Å². The topological polar surface area (TPSA) is 39.1 Å². The molecular formula is C13H25N3O. The van der Waals surface area contributed by atoms with E-state index in [4.69, 9.17) is 4.74 Å². The molecule has 0 aromatic carbocycles. The van der Waals surface area contributed by atoms with Crippen LogP contribution in [-0.4, -0.2) is 23.4 Å². The van der Waals surface area contributed by atoms with Crippen molar-refractivity contribution in [1.29, 1.82) is 0 Å². The fourth-order valence-electron chi connectivity index (χ4n) is 2.12. The van der Waals surface area contributed by atoms with Crippen molar-refractivity contribution in [3.63, 3.8) is 0 Å². The first-order valence-corrected chi connectivity index (χ1v) is 6.41. The molecule has 17 heavy (non-hydrogen) atoms. The highest BCUT2D eigenvalue weighted by Gasteiger charge is 2.13. The lowest BCUT2D eigenvalue weighted by molar-refractivity contribution is 0.366. The molecule has 0 amide bonds. The van der Waals surface area contributed by atoms with E-state index in [-0.39, 0.29) is 0 Å². The van der Waals surface area contributed by atoms with Crippen molar-refractivity contribution in [1.82, 2.24) is 15.1 Å². The van der Waals surface area contributed by atoms with Gasteiger partial charge < -0.3 is 10.1 Å². The van der Waals surface area contributed by atoms with Gasteiger partial charge in [0.2, 0.25) is 5.88 Å². The standard InChI is InChI=1S/C13H25N3O/c1-6-11(7-2)8-14-9-12-10(3)15-16(4)13(12)17-5/h11,14H,6-9H2,1-5H3. The highest BCUT2D eigenvalue weighted by atomic mass is 16.5. The van der Waals surface area contributed by atoms with E-state index >= 15 is 0 Å². The quantitative estimate of drug-likeness (QED) is 0.793. The molecule has 1 rings (SSSR count). The average molecular weight is 239 g/mol. The van der Waals surface area contributed by atoms with E-state index in [1.54, 1.807) is 11.8 Å². The van der Waals surface area contributed by atoms with Crippen molar-refractivity contribution in [3.8, 4) is 5.88 Å². The Morgan fingerprint density at radius 1 is 1.35 bits per heavy atom. The van der Waals surface area contributed by atoms with E-state index in [2.05, 4.69) is 24.3 Å². The molecule has 4 nitrogen and oxygen atoms in total. The third kappa shape index (κ3) is 3.46. The summed E-state index contributed by atoms with van der Waals surface area (Å²) in [7, 11) is 3.61. The van der Waals surface area contributed by atoms with Crippen molar-refractivity contribution < 1.29 is 4.74 Å². The average Bonchev–Trinajstić information content (AvgIpc) is 2.59. The van der Waals surface area contributed by atoms with Gasteiger partial charge in [-0.05, 0) is 19.4 Å². The first-order valence-electron chi connectivity index (χ1n) is 6.41. The van der Waals surface area contributed by atoms with Gasteiger partial charge in [-0.1, -0.05) is 26.7 Å². The molecular weight excluding hydrogens is 214 g/mol. The number of hydrogen-bond donors (Lipinski definition) is 1. The summed E-state index contributed by atoms with van der Waals surface area (Å²) in [5.74, 6) is 1.62. The van der Waals surface area contributed by atoms with E-state index in [0.29, 0.717) is 0 Å². The maximum atomic E-state index is 5.37. The molecule has 98 valence electrons. The number of nitrogens with one attached hydrogen (secondary N) is 1. The van der Waals surface area contributed by atoms with Gasteiger partial charge >= 0.3 is 0 Å². The first-order chi connectivity index (χ1) is 8.13. The zero-order chi connectivity index (χ0) is 12.8. The summed E-state index contributed by atoms with van der Waals surface area (Å²) in [6, 6.07) is 0. The Balaban J connectivity index is 2.57. The molecule has 1 aromatic rings. The Morgan fingerprint density at radius 3 is 2.53 bits per heavy atom. The Kier molecular flexibility index (Phi) is 5.48. The van der Waals surface area contributed by atoms with E-state index in [1.807, 2.05) is 14.0 Å². The second-order valence-electron chi connectivity index (χ2n) is 4.51. The zero-order valence-electron chi connectivity index (χ0n) is 11.7. The summed E-state index contributed by atoms with van der Waals surface area (Å²) in [5, 5.41) is 7.87. The van der Waals surface area contributed by atoms with Crippen LogP contribution in [0.25, 0.3) is 0 Å². The predicted molar refractivity (Wildman–Crippen MR) is 70.3 cm³/mol. The molecule has 0 bridgehead atoms. The Morgan fingerprint density at radius 2 is 2.00 bits per heavy atom. The molecule has 0 unspecified atom stereocenters. The minimum Gasteiger partial charge on any atom is -0.481 e. The van der Waals surface area contributed by atoms with Gasteiger partial charge in [0.1, 0.15) is 0 Å². The van der Waals surface area contributed by atoms with Crippen LogP contribution in [-0.2, 0) is 13.6 Å². The summed E-state index contributed by atoms with van der Waals surface area (Å²) in [6.45, 7) is 8.40. The zero-order valence-corrected chi connectivity index (χ0v) is 11.7. The van der Waals surface area contributed by atoms with E-state index < -0.39 is 0 Å². The van der Waals surface area contributed by atoms with E-state index in [9.17, 15) is 0 Å². The summed E-state index contributed by atoms with van der Waals surface area (Å²) >= 11 is 0. The molecule has 0 aliphatic rings. The fraction of sp³-hybridized carbons (Fsp3) is 0.769. The van der Waals surface area contributed by atoms with Crippen LogP contribution in [0.3, 0.4) is 0 Å². The van der Waals surface area contributed by atoms with Crippen LogP contribution in [0, 0.1) is 12.8 Å². The third-order valence-corrected chi connectivity index (χ3v) is 3.37. The second kappa shape index (κ2) is 6.64. The molecule has 0 atom stereocenters. The normalized spacial score (nSPS) is 11.2. The van der Waals surface area contributed by atoms with Gasteiger partial charge in [0.15, 0.2) is 0 Å². The number of hydrogen-bond acceptors (Lipinski definition) is 3. The van der Waals surface area contributed by atoms with Crippen LogP contribution in [0.4, 0.5) is 0 Å². The van der Waals surface area contributed by atoms with Crippen molar-refractivity contribution in [2.45, 2.75) is 40.2 Å². The van der Waals surface area contributed by atoms with Gasteiger partial charge in [0, 0.05) is 13.6 Å². The van der Waals surface area contributed by atoms with Gasteiger partial charge in [-0.25, -0.2) is 4.68 Å². The molecule has 0 radical (unpaired) electrons. The smallest absolute Gasteiger partial charge is 0.216 e.